The molecule has 0 saturated heterocycles. The highest BCUT2D eigenvalue weighted by atomic mass is 32.1. The topological polar surface area (TPSA) is 55.6 Å². The van der Waals surface area contributed by atoms with Crippen molar-refractivity contribution in [3.8, 4) is 0 Å². The van der Waals surface area contributed by atoms with Crippen molar-refractivity contribution in [2.45, 2.75) is 26.4 Å². The van der Waals surface area contributed by atoms with Crippen LogP contribution in [0, 0.1) is 5.92 Å². The van der Waals surface area contributed by atoms with Crippen LogP contribution in [-0.2, 0) is 16.1 Å². The predicted octanol–water partition coefficient (Wildman–Crippen LogP) is 1.71. The van der Waals surface area contributed by atoms with Crippen molar-refractivity contribution in [1.82, 2.24) is 4.90 Å². The highest BCUT2D eigenvalue weighted by Crippen LogP contribution is 2.13. The van der Waals surface area contributed by atoms with E-state index in [1.165, 1.54) is 0 Å². The first-order valence-corrected chi connectivity index (χ1v) is 7.00. The fraction of sp³-hybridized carbons (Fsp3) is 0.615. The van der Waals surface area contributed by atoms with Gasteiger partial charge in [-0.3, -0.25) is 4.79 Å². The summed E-state index contributed by atoms with van der Waals surface area (Å²) in [5.74, 6) is 0.140. The lowest BCUT2D eigenvalue weighted by molar-refractivity contribution is -0.134. The summed E-state index contributed by atoms with van der Waals surface area (Å²) in [5.41, 5.74) is 5.93. The van der Waals surface area contributed by atoms with Crippen LogP contribution in [-0.4, -0.2) is 37.1 Å². The molecule has 2 N–H and O–H groups in total. The number of rotatable bonds is 7. The first kappa shape index (κ1) is 15.1. The quantitative estimate of drug-likeness (QED) is 0.820. The summed E-state index contributed by atoms with van der Waals surface area (Å²) < 4.78 is 5.05. The average molecular weight is 270 g/mol. The fourth-order valence-electron chi connectivity index (χ4n) is 1.56. The maximum Gasteiger partial charge on any atom is 0.240 e. The molecule has 0 aromatic carbocycles. The number of nitrogens with two attached hydrogens (primary N) is 1. The van der Waals surface area contributed by atoms with Gasteiger partial charge in [-0.25, -0.2) is 0 Å². The number of amides is 1. The van der Waals surface area contributed by atoms with E-state index < -0.39 is 6.04 Å². The van der Waals surface area contributed by atoms with Crippen molar-refractivity contribution in [1.29, 1.82) is 0 Å². The van der Waals surface area contributed by atoms with Crippen LogP contribution < -0.4 is 5.73 Å². The molecule has 18 heavy (non-hydrogen) atoms. The Morgan fingerprint density at radius 1 is 1.56 bits per heavy atom. The molecule has 0 radical (unpaired) electrons. The van der Waals surface area contributed by atoms with Gasteiger partial charge in [-0.2, -0.15) is 0 Å². The van der Waals surface area contributed by atoms with Gasteiger partial charge in [0.1, 0.15) is 0 Å². The number of ether oxygens (including phenoxy) is 1. The molecule has 5 heteroatoms. The summed E-state index contributed by atoms with van der Waals surface area (Å²) in [5, 5.41) is 2.01. The Labute approximate surface area is 113 Å². The molecular formula is C13H22N2O2S. The fourth-order valence-corrected chi connectivity index (χ4v) is 2.27. The van der Waals surface area contributed by atoms with Crippen molar-refractivity contribution in [3.05, 3.63) is 22.4 Å². The number of hydrogen-bond acceptors (Lipinski definition) is 4. The summed E-state index contributed by atoms with van der Waals surface area (Å²) >= 11 is 1.65. The summed E-state index contributed by atoms with van der Waals surface area (Å²) in [6.07, 6.45) is 0. The summed E-state index contributed by atoms with van der Waals surface area (Å²) in [6, 6.07) is 3.57. The van der Waals surface area contributed by atoms with Crippen molar-refractivity contribution in [2.75, 3.05) is 20.3 Å². The molecule has 0 aliphatic heterocycles. The van der Waals surface area contributed by atoms with Crippen LogP contribution in [0.1, 0.15) is 18.7 Å². The van der Waals surface area contributed by atoms with Crippen LogP contribution in [0.5, 0.6) is 0 Å². The molecule has 0 fully saturated rings. The third-order valence-electron chi connectivity index (χ3n) is 2.81. The highest BCUT2D eigenvalue weighted by Gasteiger charge is 2.23. The maximum absolute atomic E-state index is 12.3. The van der Waals surface area contributed by atoms with E-state index in [0.29, 0.717) is 19.7 Å². The number of hydrogen-bond donors (Lipinski definition) is 1. The lowest BCUT2D eigenvalue weighted by Crippen LogP contribution is -2.47. The average Bonchev–Trinajstić information content (AvgIpc) is 2.85. The van der Waals surface area contributed by atoms with Crippen molar-refractivity contribution in [3.63, 3.8) is 0 Å². The molecule has 0 aliphatic carbocycles. The summed E-state index contributed by atoms with van der Waals surface area (Å²) in [6.45, 7) is 5.64. The molecule has 0 saturated carbocycles. The van der Waals surface area contributed by atoms with Crippen LogP contribution >= 0.6 is 11.3 Å². The number of thiophene rings is 1. The van der Waals surface area contributed by atoms with Gasteiger partial charge in [-0.15, -0.1) is 11.3 Å². The largest absolute Gasteiger partial charge is 0.383 e. The van der Waals surface area contributed by atoms with Gasteiger partial charge in [0.05, 0.1) is 19.2 Å². The SMILES string of the molecule is COCCN(Cc1cccs1)C(=O)[C@H](N)C(C)C. The van der Waals surface area contributed by atoms with Gasteiger partial charge in [0.2, 0.25) is 5.91 Å². The van der Waals surface area contributed by atoms with E-state index in [-0.39, 0.29) is 11.8 Å². The second kappa shape index (κ2) is 7.51. The zero-order valence-electron chi connectivity index (χ0n) is 11.3. The van der Waals surface area contributed by atoms with Gasteiger partial charge >= 0.3 is 0 Å². The van der Waals surface area contributed by atoms with Gasteiger partial charge in [0.15, 0.2) is 0 Å². The molecule has 102 valence electrons. The molecule has 0 bridgehead atoms. The minimum absolute atomic E-state index is 0.00421. The van der Waals surface area contributed by atoms with E-state index in [4.69, 9.17) is 10.5 Å². The van der Waals surface area contributed by atoms with Crippen LogP contribution in [0.15, 0.2) is 17.5 Å². The lowest BCUT2D eigenvalue weighted by Gasteiger charge is -2.26. The Kier molecular flexibility index (Phi) is 6.32. The van der Waals surface area contributed by atoms with Gasteiger partial charge in [-0.05, 0) is 17.4 Å². The number of methoxy groups -OCH3 is 1. The zero-order chi connectivity index (χ0) is 13.5. The monoisotopic (exact) mass is 270 g/mol. The second-order valence-electron chi connectivity index (χ2n) is 4.60. The molecule has 0 aliphatic rings. The molecule has 0 spiro atoms. The van der Waals surface area contributed by atoms with E-state index >= 15 is 0 Å². The Balaban J connectivity index is 2.68. The Bertz CT molecular complexity index is 352. The zero-order valence-corrected chi connectivity index (χ0v) is 12.1. The van der Waals surface area contributed by atoms with Crippen LogP contribution in [0.25, 0.3) is 0 Å². The van der Waals surface area contributed by atoms with Crippen molar-refractivity contribution in [2.24, 2.45) is 11.7 Å². The van der Waals surface area contributed by atoms with E-state index in [2.05, 4.69) is 0 Å². The highest BCUT2D eigenvalue weighted by molar-refractivity contribution is 7.09. The van der Waals surface area contributed by atoms with E-state index in [1.54, 1.807) is 23.3 Å². The number of nitrogens with zero attached hydrogens (tertiary/aromatic N) is 1. The predicted molar refractivity (Wildman–Crippen MR) is 74.4 cm³/mol. The Morgan fingerprint density at radius 3 is 2.78 bits per heavy atom. The smallest absolute Gasteiger partial charge is 0.240 e. The van der Waals surface area contributed by atoms with E-state index in [1.807, 2.05) is 31.4 Å². The summed E-state index contributed by atoms with van der Waals surface area (Å²) in [4.78, 5) is 15.2. The standard InChI is InChI=1S/C13H22N2O2S/c1-10(2)12(14)13(16)15(6-7-17-3)9-11-5-4-8-18-11/h4-5,8,10,12H,6-7,9,14H2,1-3H3/t12-/m1/s1. The minimum atomic E-state index is -0.443. The molecule has 1 aromatic heterocycles. The molecule has 1 rings (SSSR count). The molecule has 1 atom stereocenters. The lowest BCUT2D eigenvalue weighted by atomic mass is 10.0. The van der Waals surface area contributed by atoms with Crippen LogP contribution in [0.2, 0.25) is 0 Å². The van der Waals surface area contributed by atoms with Crippen molar-refractivity contribution < 1.29 is 9.53 Å². The minimum Gasteiger partial charge on any atom is -0.383 e. The molecular weight excluding hydrogens is 248 g/mol. The third kappa shape index (κ3) is 4.40. The first-order chi connectivity index (χ1) is 8.56. The maximum atomic E-state index is 12.3. The molecule has 1 aromatic rings. The Morgan fingerprint density at radius 2 is 2.28 bits per heavy atom. The van der Waals surface area contributed by atoms with Crippen LogP contribution in [0.4, 0.5) is 0 Å². The summed E-state index contributed by atoms with van der Waals surface area (Å²) in [7, 11) is 1.64. The van der Waals surface area contributed by atoms with E-state index in [9.17, 15) is 4.79 Å². The van der Waals surface area contributed by atoms with Crippen LogP contribution in [0.3, 0.4) is 0 Å². The number of carbonyl (C=O) groups is 1. The first-order valence-electron chi connectivity index (χ1n) is 6.12. The van der Waals surface area contributed by atoms with Gasteiger partial charge in [-0.1, -0.05) is 19.9 Å². The molecule has 1 amide bonds. The van der Waals surface area contributed by atoms with E-state index in [0.717, 1.165) is 4.88 Å². The Hall–Kier alpha value is -0.910. The second-order valence-corrected chi connectivity index (χ2v) is 5.63. The number of carbonyl (C=O) groups excluding carboxylic acids is 1. The third-order valence-corrected chi connectivity index (χ3v) is 3.67. The normalized spacial score (nSPS) is 12.7. The molecule has 0 unspecified atom stereocenters. The van der Waals surface area contributed by atoms with Gasteiger partial charge in [0, 0.05) is 18.5 Å². The van der Waals surface area contributed by atoms with Crippen molar-refractivity contribution >= 4 is 17.2 Å². The molecule has 4 nitrogen and oxygen atoms in total. The van der Waals surface area contributed by atoms with Gasteiger partial charge in [0.25, 0.3) is 0 Å². The van der Waals surface area contributed by atoms with Gasteiger partial charge < -0.3 is 15.4 Å². The molecule has 1 heterocycles.